The van der Waals surface area contributed by atoms with Gasteiger partial charge < -0.3 is 47.4 Å². The maximum atomic E-state index is 6.90. The average Bonchev–Trinajstić information content (AvgIpc) is 1.50. The largest absolute Gasteiger partial charge is 0.496 e. The summed E-state index contributed by atoms with van der Waals surface area (Å²) in [6.07, 6.45) is 25.7. The van der Waals surface area contributed by atoms with Crippen LogP contribution in [-0.2, 0) is 5.41 Å². The Morgan fingerprint density at radius 3 is 0.945 bits per heavy atom. The van der Waals surface area contributed by atoms with Crippen LogP contribution in [0.3, 0.4) is 0 Å². The second-order valence-electron chi connectivity index (χ2n) is 34.2. The average molecular weight is 2110 g/mol. The first kappa shape index (κ1) is 98.0. The van der Waals surface area contributed by atoms with Crippen LogP contribution in [-0.4, -0.2) is 68.6 Å². The van der Waals surface area contributed by atoms with Gasteiger partial charge in [-0.15, -0.1) is 0 Å². The fourth-order valence-corrected chi connectivity index (χ4v) is 18.7. The summed E-state index contributed by atoms with van der Waals surface area (Å²) in [7, 11) is 8.27. The molecule has 10 nitrogen and oxygen atoms in total. The lowest BCUT2D eigenvalue weighted by Gasteiger charge is -2.32. The molecule has 0 aromatic heterocycles. The number of halogens is 6. The van der Waals surface area contributed by atoms with Gasteiger partial charge in [0.2, 0.25) is 0 Å². The number of fused-ring (bicyclic) bond motifs is 12. The van der Waals surface area contributed by atoms with Gasteiger partial charge in [-0.25, -0.2) is 0 Å². The second-order valence-corrected chi connectivity index (χ2v) is 39.3. The molecule has 128 heavy (non-hydrogen) atoms. The predicted octanol–water partition coefficient (Wildman–Crippen LogP) is 33.9. The third kappa shape index (κ3) is 23.8. The summed E-state index contributed by atoms with van der Waals surface area (Å²) >= 11 is 21.7. The van der Waals surface area contributed by atoms with Crippen molar-refractivity contribution in [2.24, 2.45) is 35.5 Å². The smallest absolute Gasteiger partial charge is 0.161 e. The molecule has 1 spiro atoms. The van der Waals surface area contributed by atoms with E-state index in [2.05, 4.69) is 354 Å². The maximum Gasteiger partial charge on any atom is 0.161 e. The standard InChI is InChI=1S/C61H66Br2O4.C37H46Br2O6.C14H8Br2/c1-9-39(5)35-64-57-31-51-52-32-58(65-36-40(6)10-2)60(67-38-42(8)12-4)34-56(52)61(55(51)33-59(57)66-37-41(7)11-3)53-29-45(15-13-43-17-23-47(62)24-18-43)21-27-49(53)50-28-22-46(30-54(50)61)16-14-44-19-25-48(63)26-20-44;1-24(2)10-9-11-25(3)16-17-45-35-19-26(12-13-27-20-36(43-7)30(38)22-33(27)41-5)32(40-4)18-29(35)15-14-28-21-37(44-8)31(39)23-34(28)42-6;15-13-9-5-1-2-6-10(9)14(16)12-8-4-3-7-11(12)13/h13-34,39-42H,9-12,35-38H2,1-8H3;12-15,18-25H,9-11,16-17H2,1-8H3;1-8H/b15-13+,16-14+;13-12+,15-14+;. The van der Waals surface area contributed by atoms with E-state index in [4.69, 9.17) is 47.4 Å². The molecule has 16 heteroatoms. The van der Waals surface area contributed by atoms with E-state index in [0.29, 0.717) is 68.4 Å². The normalized spacial score (nSPS) is 13.5. The van der Waals surface area contributed by atoms with Gasteiger partial charge in [0.15, 0.2) is 23.0 Å². The Morgan fingerprint density at radius 1 is 0.281 bits per heavy atom. The zero-order valence-electron chi connectivity index (χ0n) is 76.6. The monoisotopic (exact) mass is 2100 g/mol. The van der Waals surface area contributed by atoms with Crippen LogP contribution < -0.4 is 47.4 Å². The molecule has 0 radical (unpaired) electrons. The van der Waals surface area contributed by atoms with Crippen molar-refractivity contribution in [2.75, 3.05) is 68.6 Å². The van der Waals surface area contributed by atoms with Gasteiger partial charge in [-0.1, -0.05) is 299 Å². The summed E-state index contributed by atoms with van der Waals surface area (Å²) in [5.41, 5.74) is 16.8. The van der Waals surface area contributed by atoms with Gasteiger partial charge in [0.1, 0.15) is 34.5 Å². The minimum Gasteiger partial charge on any atom is -0.496 e. The molecule has 0 amide bonds. The molecule has 14 rings (SSSR count). The molecule has 5 unspecified atom stereocenters. The number of benzene rings is 12. The van der Waals surface area contributed by atoms with Gasteiger partial charge in [0.05, 0.1) is 82.9 Å². The van der Waals surface area contributed by atoms with Crippen LogP contribution in [0.2, 0.25) is 0 Å². The number of hydrogen-bond donors (Lipinski definition) is 0. The summed E-state index contributed by atoms with van der Waals surface area (Å²) in [5.74, 6) is 10.3. The topological polar surface area (TPSA) is 92.3 Å². The summed E-state index contributed by atoms with van der Waals surface area (Å²) < 4.78 is 68.1. The van der Waals surface area contributed by atoms with Crippen LogP contribution in [0.4, 0.5) is 0 Å². The van der Waals surface area contributed by atoms with E-state index in [9.17, 15) is 0 Å². The third-order valence-electron chi connectivity index (χ3n) is 24.4. The van der Waals surface area contributed by atoms with Gasteiger partial charge in [-0.05, 0) is 291 Å². The lowest BCUT2D eigenvalue weighted by Crippen LogP contribution is -2.26. The molecular formula is C112H120Br6O10. The number of rotatable bonds is 37. The fourth-order valence-electron chi connectivity index (χ4n) is 15.8. The molecule has 12 aromatic carbocycles. The van der Waals surface area contributed by atoms with E-state index in [1.807, 2.05) is 60.7 Å². The van der Waals surface area contributed by atoms with Gasteiger partial charge in [0, 0.05) is 40.1 Å². The SMILES string of the molecule is Brc1c2ccccc2c(Br)c2ccccc12.CCC(C)COc1cc2c(cc1OCC(C)CC)C1(c3cc(/C=C/c4ccc(Br)cc4)ccc3-c3ccc(/C=C/c4ccc(Br)cc4)cc31)c1cc(OCC(C)CC)c(OCC(C)CC)cc1-2.COc1cc(/C=C/c2cc(OCCC(C)CCCC(C)C)c(/C=C/c3cc(OC)c(Br)cc3OC)cc2OC)c(OC)cc1Br. The van der Waals surface area contributed by atoms with Crippen molar-refractivity contribution in [3.63, 3.8) is 0 Å². The van der Waals surface area contributed by atoms with Crippen molar-refractivity contribution in [3.8, 4) is 79.7 Å². The predicted molar refractivity (Wildman–Crippen MR) is 559 cm³/mol. The van der Waals surface area contributed by atoms with E-state index in [-0.39, 0.29) is 0 Å². The lowest BCUT2D eigenvalue weighted by atomic mass is 9.70. The van der Waals surface area contributed by atoms with E-state index < -0.39 is 5.41 Å². The van der Waals surface area contributed by atoms with Crippen LogP contribution in [0.25, 0.3) is 92.4 Å². The van der Waals surface area contributed by atoms with Crippen LogP contribution in [0.5, 0.6) is 57.5 Å². The van der Waals surface area contributed by atoms with Crippen molar-refractivity contribution in [2.45, 2.75) is 133 Å². The molecule has 0 aliphatic heterocycles. The van der Waals surface area contributed by atoms with Gasteiger partial charge in [-0.3, -0.25) is 0 Å². The number of hydrogen-bond acceptors (Lipinski definition) is 10. The van der Waals surface area contributed by atoms with Crippen molar-refractivity contribution in [3.05, 3.63) is 288 Å². The van der Waals surface area contributed by atoms with Crippen LogP contribution in [0.15, 0.2) is 221 Å². The van der Waals surface area contributed by atoms with E-state index >= 15 is 0 Å². The molecular weight excluding hydrogens is 1980 g/mol. The molecule has 12 aromatic rings. The number of ether oxygens (including phenoxy) is 10. The zero-order valence-corrected chi connectivity index (χ0v) is 86.1. The van der Waals surface area contributed by atoms with Crippen molar-refractivity contribution in [1.82, 2.24) is 0 Å². The quantitative estimate of drug-likeness (QED) is 0.0277. The Bertz CT molecular complexity index is 5620. The Morgan fingerprint density at radius 2 is 0.594 bits per heavy atom. The zero-order chi connectivity index (χ0) is 91.3. The lowest BCUT2D eigenvalue weighted by molar-refractivity contribution is 0.217. The highest BCUT2D eigenvalue weighted by atomic mass is 79.9. The number of methoxy groups -OCH3 is 5. The van der Waals surface area contributed by atoms with Crippen LogP contribution >= 0.6 is 95.6 Å². The highest BCUT2D eigenvalue weighted by molar-refractivity contribution is 9.11. The minimum atomic E-state index is -0.730. The minimum absolute atomic E-state index is 0.380. The first-order valence-corrected chi connectivity index (χ1v) is 49.5. The Labute approximate surface area is 810 Å². The van der Waals surface area contributed by atoms with Gasteiger partial charge in [-0.2, -0.15) is 0 Å². The van der Waals surface area contributed by atoms with Gasteiger partial charge >= 0.3 is 0 Å². The highest BCUT2D eigenvalue weighted by Gasteiger charge is 2.53. The Balaban J connectivity index is 0.000000207. The summed E-state index contributed by atoms with van der Waals surface area (Å²) in [6.45, 7) is 27.8. The molecule has 2 aliphatic carbocycles. The van der Waals surface area contributed by atoms with Gasteiger partial charge in [0.25, 0.3) is 0 Å². The fraction of sp³-hybridized carbons (Fsp3) is 0.321. The van der Waals surface area contributed by atoms with Crippen molar-refractivity contribution in [1.29, 1.82) is 0 Å². The second kappa shape index (κ2) is 46.7. The Kier molecular flexibility index (Phi) is 35.8. The van der Waals surface area contributed by atoms with Crippen molar-refractivity contribution >= 4 is 166 Å². The summed E-state index contributed by atoms with van der Waals surface area (Å²) in [4.78, 5) is 0. The molecule has 0 saturated carbocycles. The molecule has 0 heterocycles. The first-order chi connectivity index (χ1) is 61.9. The molecule has 0 bridgehead atoms. The maximum absolute atomic E-state index is 6.90. The van der Waals surface area contributed by atoms with Crippen molar-refractivity contribution < 1.29 is 47.4 Å². The Hall–Kier alpha value is -9.00. The summed E-state index contributed by atoms with van der Waals surface area (Å²) in [6, 6.07) is 68.6. The first-order valence-electron chi connectivity index (χ1n) is 44.7. The highest BCUT2D eigenvalue weighted by Crippen LogP contribution is 2.66. The van der Waals surface area contributed by atoms with E-state index in [1.54, 1.807) is 35.5 Å². The molecule has 0 N–H and O–H groups in total. The molecule has 0 saturated heterocycles. The van der Waals surface area contributed by atoms with E-state index in [0.717, 1.165) is 163 Å². The van der Waals surface area contributed by atoms with Crippen LogP contribution in [0.1, 0.15) is 194 Å². The van der Waals surface area contributed by atoms with E-state index in [1.165, 1.54) is 83.1 Å². The molecule has 5 atom stereocenters. The molecule has 670 valence electrons. The summed E-state index contributed by atoms with van der Waals surface area (Å²) in [5, 5.41) is 4.97. The molecule has 2 aliphatic rings. The van der Waals surface area contributed by atoms with Crippen LogP contribution in [0, 0.1) is 35.5 Å². The third-order valence-corrected chi connectivity index (χ3v) is 28.4. The molecule has 0 fully saturated rings.